The van der Waals surface area contributed by atoms with Gasteiger partial charge < -0.3 is 9.64 Å². The lowest BCUT2D eigenvalue weighted by Gasteiger charge is -2.23. The third kappa shape index (κ3) is 4.05. The van der Waals surface area contributed by atoms with Crippen LogP contribution in [0.5, 0.6) is 0 Å². The van der Waals surface area contributed by atoms with E-state index < -0.39 is 0 Å². The second-order valence-electron chi connectivity index (χ2n) is 5.44. The standard InChI is InChI=1S/C16H26N2O2S/c1-4-6-7-13-16(19)18(10-11-20-5-2)15(17-13)14-9-8-12(3)21-14/h8-9,13,15,17H,4-7,10-11H2,1-3H3. The second kappa shape index (κ2) is 7.92. The summed E-state index contributed by atoms with van der Waals surface area (Å²) < 4.78 is 5.43. The summed E-state index contributed by atoms with van der Waals surface area (Å²) in [5.41, 5.74) is 0. The van der Waals surface area contributed by atoms with Gasteiger partial charge in [0, 0.05) is 22.9 Å². The number of unbranched alkanes of at least 4 members (excludes halogenated alkanes) is 1. The molecule has 1 N–H and O–H groups in total. The number of carbonyl (C=O) groups excluding carboxylic acids is 1. The van der Waals surface area contributed by atoms with E-state index in [0.717, 1.165) is 19.3 Å². The molecule has 4 nitrogen and oxygen atoms in total. The molecule has 0 aliphatic carbocycles. The van der Waals surface area contributed by atoms with Crippen LogP contribution < -0.4 is 5.32 Å². The number of rotatable bonds is 8. The predicted molar refractivity (Wildman–Crippen MR) is 86.5 cm³/mol. The Morgan fingerprint density at radius 1 is 1.38 bits per heavy atom. The molecule has 2 heterocycles. The lowest BCUT2D eigenvalue weighted by molar-refractivity contribution is -0.130. The first-order valence-electron chi connectivity index (χ1n) is 7.88. The summed E-state index contributed by atoms with van der Waals surface area (Å²) in [4.78, 5) is 17.1. The molecule has 5 heteroatoms. The third-order valence-corrected chi connectivity index (χ3v) is 4.86. The first-order valence-corrected chi connectivity index (χ1v) is 8.69. The van der Waals surface area contributed by atoms with Gasteiger partial charge in [-0.1, -0.05) is 19.8 Å². The second-order valence-corrected chi connectivity index (χ2v) is 6.76. The van der Waals surface area contributed by atoms with Crippen molar-refractivity contribution in [2.75, 3.05) is 19.8 Å². The average Bonchev–Trinajstić information content (AvgIpc) is 3.02. The van der Waals surface area contributed by atoms with Crippen LogP contribution in [0.4, 0.5) is 0 Å². The van der Waals surface area contributed by atoms with E-state index in [-0.39, 0.29) is 18.1 Å². The molecule has 1 aromatic heterocycles. The molecule has 2 rings (SSSR count). The number of nitrogens with zero attached hydrogens (tertiary/aromatic N) is 1. The quantitative estimate of drug-likeness (QED) is 0.750. The highest BCUT2D eigenvalue weighted by Gasteiger charge is 2.39. The highest BCUT2D eigenvalue weighted by molar-refractivity contribution is 7.12. The number of amides is 1. The van der Waals surface area contributed by atoms with E-state index in [1.807, 2.05) is 11.8 Å². The van der Waals surface area contributed by atoms with E-state index >= 15 is 0 Å². The van der Waals surface area contributed by atoms with Gasteiger partial charge in [-0.05, 0) is 32.4 Å². The summed E-state index contributed by atoms with van der Waals surface area (Å²) in [5, 5.41) is 3.51. The Hall–Kier alpha value is -0.910. The van der Waals surface area contributed by atoms with Crippen LogP contribution in [0.2, 0.25) is 0 Å². The summed E-state index contributed by atoms with van der Waals surface area (Å²) >= 11 is 1.76. The van der Waals surface area contributed by atoms with Gasteiger partial charge in [0.1, 0.15) is 6.17 Å². The Balaban J connectivity index is 2.08. The third-order valence-electron chi connectivity index (χ3n) is 3.81. The molecule has 1 fully saturated rings. The molecule has 21 heavy (non-hydrogen) atoms. The average molecular weight is 310 g/mol. The first-order chi connectivity index (χ1) is 10.2. The van der Waals surface area contributed by atoms with Crippen molar-refractivity contribution in [1.29, 1.82) is 0 Å². The summed E-state index contributed by atoms with van der Waals surface area (Å²) in [7, 11) is 0. The Kier molecular flexibility index (Phi) is 6.21. The number of aryl methyl sites for hydroxylation is 1. The fraction of sp³-hybridized carbons (Fsp3) is 0.688. The van der Waals surface area contributed by atoms with Gasteiger partial charge in [0.25, 0.3) is 0 Å². The molecule has 1 aliphatic rings. The number of nitrogens with one attached hydrogen (secondary N) is 1. The molecule has 0 spiro atoms. The number of hydrogen-bond acceptors (Lipinski definition) is 4. The van der Waals surface area contributed by atoms with E-state index in [1.165, 1.54) is 9.75 Å². The zero-order chi connectivity index (χ0) is 15.2. The topological polar surface area (TPSA) is 41.6 Å². The number of thiophene rings is 1. The SMILES string of the molecule is CCCCC1NC(c2ccc(C)s2)N(CCOCC)C1=O. The van der Waals surface area contributed by atoms with E-state index in [9.17, 15) is 4.79 Å². The smallest absolute Gasteiger partial charge is 0.241 e. The van der Waals surface area contributed by atoms with Gasteiger partial charge >= 0.3 is 0 Å². The zero-order valence-electron chi connectivity index (χ0n) is 13.2. The summed E-state index contributed by atoms with van der Waals surface area (Å²) in [6.07, 6.45) is 3.13. The van der Waals surface area contributed by atoms with Crippen LogP contribution in [-0.2, 0) is 9.53 Å². The van der Waals surface area contributed by atoms with E-state index in [0.29, 0.717) is 19.8 Å². The Morgan fingerprint density at radius 3 is 2.81 bits per heavy atom. The zero-order valence-corrected chi connectivity index (χ0v) is 14.0. The maximum absolute atomic E-state index is 12.6. The van der Waals surface area contributed by atoms with Crippen LogP contribution >= 0.6 is 11.3 Å². The van der Waals surface area contributed by atoms with Crippen molar-refractivity contribution in [3.63, 3.8) is 0 Å². The largest absolute Gasteiger partial charge is 0.380 e. The van der Waals surface area contributed by atoms with Crippen LogP contribution in [0.3, 0.4) is 0 Å². The van der Waals surface area contributed by atoms with Gasteiger partial charge in [-0.3, -0.25) is 10.1 Å². The lowest BCUT2D eigenvalue weighted by Crippen LogP contribution is -2.33. The van der Waals surface area contributed by atoms with Gasteiger partial charge in [-0.2, -0.15) is 0 Å². The van der Waals surface area contributed by atoms with Crippen LogP contribution in [0.1, 0.15) is 49.0 Å². The maximum atomic E-state index is 12.6. The van der Waals surface area contributed by atoms with Crippen LogP contribution in [0.15, 0.2) is 12.1 Å². The fourth-order valence-corrected chi connectivity index (χ4v) is 3.63. The summed E-state index contributed by atoms with van der Waals surface area (Å²) in [6.45, 7) is 8.19. The molecular weight excluding hydrogens is 284 g/mol. The van der Waals surface area contributed by atoms with Crippen molar-refractivity contribution >= 4 is 17.2 Å². The molecule has 0 radical (unpaired) electrons. The lowest BCUT2D eigenvalue weighted by atomic mass is 10.1. The van der Waals surface area contributed by atoms with Crippen LogP contribution in [0, 0.1) is 6.92 Å². The molecule has 0 bridgehead atoms. The summed E-state index contributed by atoms with van der Waals surface area (Å²) in [6, 6.07) is 4.20. The normalized spacial score (nSPS) is 22.2. The molecule has 1 aliphatic heterocycles. The van der Waals surface area contributed by atoms with Gasteiger partial charge in [0.2, 0.25) is 5.91 Å². The minimum absolute atomic E-state index is 0.0125. The van der Waals surface area contributed by atoms with E-state index in [4.69, 9.17) is 4.74 Å². The molecule has 0 saturated carbocycles. The van der Waals surface area contributed by atoms with Gasteiger partial charge in [0.05, 0.1) is 12.6 Å². The summed E-state index contributed by atoms with van der Waals surface area (Å²) in [5.74, 6) is 0.221. The van der Waals surface area contributed by atoms with Gasteiger partial charge in [-0.25, -0.2) is 0 Å². The van der Waals surface area contributed by atoms with E-state index in [2.05, 4.69) is 31.3 Å². The Morgan fingerprint density at radius 2 is 2.19 bits per heavy atom. The molecule has 0 aromatic carbocycles. The molecule has 1 amide bonds. The molecule has 118 valence electrons. The maximum Gasteiger partial charge on any atom is 0.241 e. The van der Waals surface area contributed by atoms with Crippen molar-refractivity contribution in [3.05, 3.63) is 21.9 Å². The number of carbonyl (C=O) groups is 1. The predicted octanol–water partition coefficient (Wildman–Crippen LogP) is 3.08. The molecule has 2 atom stereocenters. The van der Waals surface area contributed by atoms with E-state index in [1.54, 1.807) is 11.3 Å². The molecular formula is C16H26N2O2S. The Bertz CT molecular complexity index is 461. The molecule has 2 unspecified atom stereocenters. The van der Waals surface area contributed by atoms with Crippen molar-refractivity contribution in [3.8, 4) is 0 Å². The highest BCUT2D eigenvalue weighted by atomic mass is 32.1. The number of hydrogen-bond donors (Lipinski definition) is 1. The highest BCUT2D eigenvalue weighted by Crippen LogP contribution is 2.31. The van der Waals surface area contributed by atoms with Crippen molar-refractivity contribution in [1.82, 2.24) is 10.2 Å². The monoisotopic (exact) mass is 310 g/mol. The number of ether oxygens (including phenoxy) is 1. The van der Waals surface area contributed by atoms with Crippen molar-refractivity contribution < 1.29 is 9.53 Å². The van der Waals surface area contributed by atoms with Crippen molar-refractivity contribution in [2.24, 2.45) is 0 Å². The first kappa shape index (κ1) is 16.5. The Labute approximate surface area is 131 Å². The van der Waals surface area contributed by atoms with Gasteiger partial charge in [0.15, 0.2) is 0 Å². The minimum Gasteiger partial charge on any atom is -0.380 e. The minimum atomic E-state index is -0.0426. The van der Waals surface area contributed by atoms with Crippen LogP contribution in [0.25, 0.3) is 0 Å². The molecule has 1 saturated heterocycles. The molecule has 1 aromatic rings. The van der Waals surface area contributed by atoms with Crippen LogP contribution in [-0.4, -0.2) is 36.6 Å². The fourth-order valence-electron chi connectivity index (χ4n) is 2.68. The van der Waals surface area contributed by atoms with Crippen molar-refractivity contribution in [2.45, 2.75) is 52.2 Å². The van der Waals surface area contributed by atoms with Gasteiger partial charge in [-0.15, -0.1) is 11.3 Å².